The molecule has 1 aliphatic rings. The fourth-order valence-corrected chi connectivity index (χ4v) is 5.43. The molecule has 0 unspecified atom stereocenters. The first-order valence-electron chi connectivity index (χ1n) is 11.0. The highest BCUT2D eigenvalue weighted by atomic mass is 32.2. The van der Waals surface area contributed by atoms with Gasteiger partial charge in [-0.1, -0.05) is 48.5 Å². The Bertz CT molecular complexity index is 1330. The van der Waals surface area contributed by atoms with E-state index in [4.69, 9.17) is 4.98 Å². The van der Waals surface area contributed by atoms with Crippen molar-refractivity contribution >= 4 is 28.6 Å². The van der Waals surface area contributed by atoms with Crippen molar-refractivity contribution in [3.63, 3.8) is 0 Å². The fourth-order valence-electron chi connectivity index (χ4n) is 4.53. The highest BCUT2D eigenvalue weighted by molar-refractivity contribution is 7.99. The van der Waals surface area contributed by atoms with Crippen molar-refractivity contribution in [2.24, 2.45) is 0 Å². The first-order valence-corrected chi connectivity index (χ1v) is 12.0. The number of aryl methyl sites for hydroxylation is 1. The van der Waals surface area contributed by atoms with Gasteiger partial charge in [0.05, 0.1) is 16.8 Å². The fraction of sp³-hybridized carbons (Fsp3) is 0.222. The summed E-state index contributed by atoms with van der Waals surface area (Å²) in [5.41, 5.74) is 5.96. The van der Waals surface area contributed by atoms with Crippen LogP contribution in [0.15, 0.2) is 71.8 Å². The summed E-state index contributed by atoms with van der Waals surface area (Å²) >= 11 is 1.48. The summed E-state index contributed by atoms with van der Waals surface area (Å²) in [5, 5.41) is 11.4. The Morgan fingerprint density at radius 3 is 2.62 bits per heavy atom. The molecule has 0 saturated heterocycles. The number of aromatic nitrogens is 2. The molecule has 0 fully saturated rings. The highest BCUT2D eigenvalue weighted by Crippen LogP contribution is 2.33. The number of pyridine rings is 1. The number of fused-ring (bicyclic) bond motifs is 3. The van der Waals surface area contributed by atoms with E-state index in [1.54, 1.807) is 0 Å². The number of benzene rings is 2. The number of para-hydroxylation sites is 1. The summed E-state index contributed by atoms with van der Waals surface area (Å²) in [6.07, 6.45) is 4.73. The SMILES string of the molecule is N#Cc1ccc(-c2ccccc2)nc1SCCC(=O)n1c2c(c3ccccc31)CCCC2. The van der Waals surface area contributed by atoms with Crippen molar-refractivity contribution < 1.29 is 4.79 Å². The minimum Gasteiger partial charge on any atom is -0.284 e. The summed E-state index contributed by atoms with van der Waals surface area (Å²) in [7, 11) is 0. The zero-order valence-corrected chi connectivity index (χ0v) is 18.6. The molecule has 2 heterocycles. The third-order valence-corrected chi connectivity index (χ3v) is 7.03. The van der Waals surface area contributed by atoms with Gasteiger partial charge in [0.25, 0.3) is 0 Å². The quantitative estimate of drug-likeness (QED) is 0.345. The third-order valence-electron chi connectivity index (χ3n) is 6.03. The summed E-state index contributed by atoms with van der Waals surface area (Å²) < 4.78 is 1.95. The second-order valence-corrected chi connectivity index (χ2v) is 9.09. The number of thioether (sulfide) groups is 1. The molecular weight excluding hydrogens is 414 g/mol. The zero-order chi connectivity index (χ0) is 21.9. The van der Waals surface area contributed by atoms with E-state index in [2.05, 4.69) is 24.3 Å². The highest BCUT2D eigenvalue weighted by Gasteiger charge is 2.23. The molecule has 2 aromatic carbocycles. The molecule has 5 rings (SSSR count). The molecule has 0 aliphatic heterocycles. The lowest BCUT2D eigenvalue weighted by Gasteiger charge is -2.15. The van der Waals surface area contributed by atoms with Gasteiger partial charge in [-0.15, -0.1) is 11.8 Å². The first kappa shape index (κ1) is 20.5. The zero-order valence-electron chi connectivity index (χ0n) is 17.8. The van der Waals surface area contributed by atoms with Crippen LogP contribution in [0.25, 0.3) is 22.2 Å². The van der Waals surface area contributed by atoms with E-state index in [1.807, 2.05) is 53.1 Å². The van der Waals surface area contributed by atoms with Crippen LogP contribution in [0.4, 0.5) is 0 Å². The van der Waals surface area contributed by atoms with Gasteiger partial charge in [0.15, 0.2) is 0 Å². The van der Waals surface area contributed by atoms with Crippen LogP contribution in [0.3, 0.4) is 0 Å². The van der Waals surface area contributed by atoms with E-state index in [9.17, 15) is 10.1 Å². The second-order valence-electron chi connectivity index (χ2n) is 8.00. The van der Waals surface area contributed by atoms with E-state index in [0.717, 1.165) is 36.0 Å². The normalized spacial score (nSPS) is 13.0. The number of hydrogen-bond donors (Lipinski definition) is 0. The van der Waals surface area contributed by atoms with Gasteiger partial charge in [-0.2, -0.15) is 5.26 Å². The molecule has 5 heteroatoms. The van der Waals surface area contributed by atoms with E-state index in [1.165, 1.54) is 34.8 Å². The summed E-state index contributed by atoms with van der Waals surface area (Å²) in [6, 6.07) is 24.1. The van der Waals surface area contributed by atoms with E-state index >= 15 is 0 Å². The number of rotatable bonds is 5. The minimum absolute atomic E-state index is 0.120. The lowest BCUT2D eigenvalue weighted by molar-refractivity contribution is 0.0912. The Kier molecular flexibility index (Phi) is 5.79. The number of carbonyl (C=O) groups excluding carboxylic acids is 1. The molecule has 0 radical (unpaired) electrons. The van der Waals surface area contributed by atoms with Crippen molar-refractivity contribution in [3.05, 3.63) is 83.6 Å². The molecule has 0 bridgehead atoms. The molecule has 4 nitrogen and oxygen atoms in total. The smallest absolute Gasteiger partial charge is 0.232 e. The monoisotopic (exact) mass is 437 g/mol. The van der Waals surface area contributed by atoms with Crippen molar-refractivity contribution in [3.8, 4) is 17.3 Å². The molecule has 2 aromatic heterocycles. The van der Waals surface area contributed by atoms with E-state index < -0.39 is 0 Å². The Labute approximate surface area is 191 Å². The van der Waals surface area contributed by atoms with Crippen molar-refractivity contribution in [1.29, 1.82) is 5.26 Å². The van der Waals surface area contributed by atoms with Gasteiger partial charge in [0, 0.05) is 28.8 Å². The average Bonchev–Trinajstić information content (AvgIpc) is 3.19. The van der Waals surface area contributed by atoms with Gasteiger partial charge in [0.1, 0.15) is 11.1 Å². The molecular formula is C27H23N3OS. The van der Waals surface area contributed by atoms with Crippen molar-refractivity contribution in [1.82, 2.24) is 9.55 Å². The van der Waals surface area contributed by atoms with Crippen LogP contribution in [0.2, 0.25) is 0 Å². The predicted molar refractivity (Wildman–Crippen MR) is 129 cm³/mol. The average molecular weight is 438 g/mol. The molecule has 0 saturated carbocycles. The van der Waals surface area contributed by atoms with Crippen LogP contribution < -0.4 is 0 Å². The lowest BCUT2D eigenvalue weighted by Crippen LogP contribution is -2.16. The summed E-state index contributed by atoms with van der Waals surface area (Å²) in [5.74, 6) is 0.703. The number of nitriles is 1. The number of carbonyl (C=O) groups is 1. The topological polar surface area (TPSA) is 58.7 Å². The van der Waals surface area contributed by atoms with Crippen LogP contribution in [-0.4, -0.2) is 21.2 Å². The Morgan fingerprint density at radius 2 is 1.78 bits per heavy atom. The lowest BCUT2D eigenvalue weighted by atomic mass is 9.95. The second kappa shape index (κ2) is 9.02. The summed E-state index contributed by atoms with van der Waals surface area (Å²) in [6.45, 7) is 0. The van der Waals surface area contributed by atoms with E-state index in [0.29, 0.717) is 22.8 Å². The maximum atomic E-state index is 13.3. The van der Waals surface area contributed by atoms with E-state index in [-0.39, 0.29) is 5.91 Å². The molecule has 0 atom stereocenters. The molecule has 0 spiro atoms. The van der Waals surface area contributed by atoms with Gasteiger partial charge in [-0.3, -0.25) is 9.36 Å². The molecule has 32 heavy (non-hydrogen) atoms. The predicted octanol–water partition coefficient (Wildman–Crippen LogP) is 6.28. The van der Waals surface area contributed by atoms with Gasteiger partial charge in [0.2, 0.25) is 5.91 Å². The Hall–Kier alpha value is -3.36. The molecule has 0 N–H and O–H groups in total. The van der Waals surface area contributed by atoms with Crippen molar-refractivity contribution in [2.45, 2.75) is 37.1 Å². The van der Waals surface area contributed by atoms with Gasteiger partial charge in [-0.05, 0) is 49.4 Å². The largest absolute Gasteiger partial charge is 0.284 e. The third kappa shape index (κ3) is 3.83. The summed E-state index contributed by atoms with van der Waals surface area (Å²) in [4.78, 5) is 18.0. The van der Waals surface area contributed by atoms with Crippen LogP contribution in [0.5, 0.6) is 0 Å². The Morgan fingerprint density at radius 1 is 1.00 bits per heavy atom. The standard InChI is InChI=1S/C27H23N3OS/c28-18-20-14-15-23(19-8-2-1-3-9-19)29-27(20)32-17-16-26(31)30-24-12-6-4-10-21(24)22-11-5-7-13-25(22)30/h1-4,6,8-10,12,14-15H,5,7,11,13,16-17H2. The van der Waals surface area contributed by atoms with Gasteiger partial charge < -0.3 is 0 Å². The number of hydrogen-bond acceptors (Lipinski definition) is 4. The Balaban J connectivity index is 1.37. The molecule has 4 aromatic rings. The minimum atomic E-state index is 0.120. The van der Waals surface area contributed by atoms with Gasteiger partial charge >= 0.3 is 0 Å². The van der Waals surface area contributed by atoms with Crippen LogP contribution in [-0.2, 0) is 12.8 Å². The van der Waals surface area contributed by atoms with Crippen LogP contribution in [0, 0.1) is 11.3 Å². The molecule has 0 amide bonds. The molecule has 158 valence electrons. The van der Waals surface area contributed by atoms with Crippen LogP contribution in [0.1, 0.15) is 40.9 Å². The maximum Gasteiger partial charge on any atom is 0.232 e. The molecule has 1 aliphatic carbocycles. The van der Waals surface area contributed by atoms with Gasteiger partial charge in [-0.25, -0.2) is 4.98 Å². The van der Waals surface area contributed by atoms with Crippen LogP contribution >= 0.6 is 11.8 Å². The number of nitrogens with zero attached hydrogens (tertiary/aromatic N) is 3. The first-order chi connectivity index (χ1) is 15.8. The maximum absolute atomic E-state index is 13.3. The van der Waals surface area contributed by atoms with Crippen molar-refractivity contribution in [2.75, 3.05) is 5.75 Å².